The highest BCUT2D eigenvalue weighted by Crippen LogP contribution is 2.17. The van der Waals surface area contributed by atoms with Gasteiger partial charge in [-0.2, -0.15) is 0 Å². The van der Waals surface area contributed by atoms with Crippen LogP contribution >= 0.6 is 0 Å². The van der Waals surface area contributed by atoms with Crippen molar-refractivity contribution in [3.8, 4) is 0 Å². The van der Waals surface area contributed by atoms with Crippen LogP contribution in [0.1, 0.15) is 61.3 Å². The molecule has 0 spiro atoms. The number of amides is 2. The van der Waals surface area contributed by atoms with E-state index in [1.54, 1.807) is 9.91 Å². The van der Waals surface area contributed by atoms with Crippen LogP contribution in [0.4, 0.5) is 4.79 Å². The monoisotopic (exact) mass is 343 g/mol. The molecule has 1 aliphatic heterocycles. The van der Waals surface area contributed by atoms with Crippen molar-refractivity contribution in [1.82, 2.24) is 15.2 Å². The van der Waals surface area contributed by atoms with E-state index >= 15 is 0 Å². The molecule has 1 aliphatic rings. The fourth-order valence-electron chi connectivity index (χ4n) is 2.44. The maximum atomic E-state index is 12.2. The fraction of sp³-hybridized carbons (Fsp3) is 0.938. The Morgan fingerprint density at radius 3 is 2.50 bits per heavy atom. The zero-order valence-electron chi connectivity index (χ0n) is 16.1. The maximum Gasteiger partial charge on any atom is 0.317 e. The summed E-state index contributed by atoms with van der Waals surface area (Å²) in [4.78, 5) is 19.7. The first kappa shape index (κ1) is 20.3. The van der Waals surface area contributed by atoms with Crippen molar-refractivity contribution < 1.29 is 14.6 Å². The summed E-state index contributed by atoms with van der Waals surface area (Å²) in [6, 6.07) is -0.116. The van der Waals surface area contributed by atoms with Crippen LogP contribution in [-0.2, 0) is 4.84 Å². The second kappa shape index (κ2) is 7.90. The van der Waals surface area contributed by atoms with Gasteiger partial charge >= 0.3 is 6.03 Å². The Morgan fingerprint density at radius 1 is 1.38 bits per heavy atom. The summed E-state index contributed by atoms with van der Waals surface area (Å²) >= 11 is 0. The summed E-state index contributed by atoms with van der Waals surface area (Å²) in [5.41, 5.74) is -0.613. The van der Waals surface area contributed by atoms with Gasteiger partial charge in [-0.05, 0) is 48.0 Å². The Bertz CT molecular complexity index is 454. The van der Waals surface area contributed by atoms with E-state index in [1.807, 2.05) is 48.5 Å². The van der Waals surface area contributed by atoms with E-state index in [1.165, 1.54) is 0 Å². The summed E-state index contributed by atoms with van der Waals surface area (Å²) in [5, 5.41) is 20.4. The summed E-state index contributed by atoms with van der Waals surface area (Å²) in [7, 11) is 0. The van der Waals surface area contributed by atoms with Crippen LogP contribution < -0.4 is 5.32 Å². The SMILES string of the molecule is CCCN(/[N+]([O-])=N/O[C@@H]1CCN(C(=O)NC(C)(C)C)C1)C(C)(C)C. The summed E-state index contributed by atoms with van der Waals surface area (Å²) < 4.78 is 0. The highest BCUT2D eigenvalue weighted by Gasteiger charge is 2.31. The summed E-state index contributed by atoms with van der Waals surface area (Å²) in [6.45, 7) is 15.3. The molecule has 1 rings (SSSR count). The predicted octanol–water partition coefficient (Wildman–Crippen LogP) is 2.89. The molecule has 1 heterocycles. The van der Waals surface area contributed by atoms with Crippen LogP contribution in [0.2, 0.25) is 0 Å². The zero-order valence-corrected chi connectivity index (χ0v) is 16.1. The van der Waals surface area contributed by atoms with Gasteiger partial charge in [0.2, 0.25) is 5.28 Å². The number of nitrogens with one attached hydrogen (secondary N) is 1. The molecule has 0 saturated carbocycles. The zero-order chi connectivity index (χ0) is 18.5. The lowest BCUT2D eigenvalue weighted by Crippen LogP contribution is -2.48. The molecule has 0 aromatic heterocycles. The third-order valence-corrected chi connectivity index (χ3v) is 3.60. The van der Waals surface area contributed by atoms with Crippen molar-refractivity contribution in [2.24, 2.45) is 5.28 Å². The van der Waals surface area contributed by atoms with Crippen LogP contribution in [0.3, 0.4) is 0 Å². The first-order valence-corrected chi connectivity index (χ1v) is 8.62. The van der Waals surface area contributed by atoms with Gasteiger partial charge < -0.3 is 20.3 Å². The molecular weight excluding hydrogens is 310 g/mol. The third-order valence-electron chi connectivity index (χ3n) is 3.60. The van der Waals surface area contributed by atoms with Crippen molar-refractivity contribution in [3.63, 3.8) is 0 Å². The lowest BCUT2D eigenvalue weighted by Gasteiger charge is -2.30. The van der Waals surface area contributed by atoms with Crippen molar-refractivity contribution >= 4 is 6.03 Å². The van der Waals surface area contributed by atoms with Gasteiger partial charge in [0.15, 0.2) is 6.10 Å². The van der Waals surface area contributed by atoms with Crippen molar-refractivity contribution in [3.05, 3.63) is 5.21 Å². The number of nitrogens with zero attached hydrogens (tertiary/aromatic N) is 4. The van der Waals surface area contributed by atoms with Crippen LogP contribution in [0.5, 0.6) is 0 Å². The molecule has 1 saturated heterocycles. The quantitative estimate of drug-likeness (QED) is 0.473. The first-order valence-electron chi connectivity index (χ1n) is 8.62. The first-order chi connectivity index (χ1) is 10.9. The van der Waals surface area contributed by atoms with E-state index in [-0.39, 0.29) is 23.2 Å². The summed E-state index contributed by atoms with van der Waals surface area (Å²) in [6.07, 6.45) is 1.25. The molecule has 2 amide bonds. The van der Waals surface area contributed by atoms with Crippen molar-refractivity contribution in [2.45, 2.75) is 78.5 Å². The fourth-order valence-corrected chi connectivity index (χ4v) is 2.44. The van der Waals surface area contributed by atoms with E-state index < -0.39 is 0 Å². The molecule has 0 aliphatic carbocycles. The van der Waals surface area contributed by atoms with Gasteiger partial charge in [0.05, 0.1) is 23.6 Å². The molecule has 8 heteroatoms. The van der Waals surface area contributed by atoms with Gasteiger partial charge in [-0.1, -0.05) is 6.92 Å². The summed E-state index contributed by atoms with van der Waals surface area (Å²) in [5.74, 6) is 0. The maximum absolute atomic E-state index is 12.2. The van der Waals surface area contributed by atoms with Crippen molar-refractivity contribution in [1.29, 1.82) is 0 Å². The normalized spacial score (nSPS) is 19.4. The number of carbonyl (C=O) groups excluding carboxylic acids is 1. The van der Waals surface area contributed by atoms with Crippen LogP contribution in [-0.4, -0.2) is 57.7 Å². The molecular formula is C16H33N5O3. The van der Waals surface area contributed by atoms with Gasteiger partial charge in [-0.25, -0.2) is 4.79 Å². The smallest absolute Gasteiger partial charge is 0.317 e. The number of rotatable bonds is 5. The van der Waals surface area contributed by atoms with E-state index in [0.29, 0.717) is 31.0 Å². The Morgan fingerprint density at radius 2 is 2.00 bits per heavy atom. The number of hydrogen-bond donors (Lipinski definition) is 1. The minimum absolute atomic E-state index is 0.116. The highest BCUT2D eigenvalue weighted by atomic mass is 16.7. The van der Waals surface area contributed by atoms with E-state index in [9.17, 15) is 10.0 Å². The Kier molecular flexibility index (Phi) is 6.68. The van der Waals surface area contributed by atoms with Gasteiger partial charge in [-0.3, -0.25) is 0 Å². The third kappa shape index (κ3) is 6.41. The van der Waals surface area contributed by atoms with Gasteiger partial charge in [0.1, 0.15) is 0 Å². The number of hydrogen-bond acceptors (Lipinski definition) is 4. The van der Waals surface area contributed by atoms with Crippen LogP contribution in [0.15, 0.2) is 5.28 Å². The Hall–Kier alpha value is -1.73. The Balaban J connectivity index is 2.57. The molecule has 0 unspecified atom stereocenters. The number of hydrazine groups is 1. The minimum Gasteiger partial charge on any atom is -0.569 e. The molecule has 24 heavy (non-hydrogen) atoms. The predicted molar refractivity (Wildman–Crippen MR) is 92.2 cm³/mol. The van der Waals surface area contributed by atoms with E-state index in [2.05, 4.69) is 10.6 Å². The second-order valence-corrected chi connectivity index (χ2v) is 8.27. The number of urea groups is 1. The minimum atomic E-state index is -0.334. The van der Waals surface area contributed by atoms with Crippen molar-refractivity contribution in [2.75, 3.05) is 19.6 Å². The molecule has 0 radical (unpaired) electrons. The topological polar surface area (TPSA) is 83.2 Å². The van der Waals surface area contributed by atoms with Crippen LogP contribution in [0, 0.1) is 5.21 Å². The molecule has 8 nitrogen and oxygen atoms in total. The standard InChI is InChI=1S/C16H33N5O3/c1-8-10-20(16(5,6)7)21(23)18-24-13-9-11-19(12-13)14(22)17-15(2,3)4/h13H,8-12H2,1-7H3,(H,17,22)/b21-18-/t13-/m1/s1. The van der Waals surface area contributed by atoms with E-state index in [4.69, 9.17) is 4.84 Å². The van der Waals surface area contributed by atoms with E-state index in [0.717, 1.165) is 6.42 Å². The molecule has 0 bridgehead atoms. The molecule has 1 atom stereocenters. The largest absolute Gasteiger partial charge is 0.569 e. The second-order valence-electron chi connectivity index (χ2n) is 8.27. The van der Waals surface area contributed by atoms with Gasteiger partial charge in [0.25, 0.3) is 0 Å². The van der Waals surface area contributed by atoms with Gasteiger partial charge in [0, 0.05) is 18.5 Å². The average Bonchev–Trinajstić information content (AvgIpc) is 2.88. The molecule has 1 fully saturated rings. The molecule has 140 valence electrons. The van der Waals surface area contributed by atoms with Gasteiger partial charge in [-0.15, -0.1) is 5.01 Å². The number of carbonyl (C=O) groups is 1. The van der Waals surface area contributed by atoms with Crippen LogP contribution in [0.25, 0.3) is 0 Å². The molecule has 0 aromatic carbocycles. The molecule has 0 aromatic rings. The number of likely N-dealkylation sites (tertiary alicyclic amines) is 1. The lowest BCUT2D eigenvalue weighted by atomic mass is 10.1. The average molecular weight is 343 g/mol. The lowest BCUT2D eigenvalue weighted by molar-refractivity contribution is -0.726. The highest BCUT2D eigenvalue weighted by molar-refractivity contribution is 5.75. The Labute approximate surface area is 145 Å². The molecule has 1 N–H and O–H groups in total.